The zero-order chi connectivity index (χ0) is 22.1. The molecule has 1 unspecified atom stereocenters. The minimum atomic E-state index is -0.189. The summed E-state index contributed by atoms with van der Waals surface area (Å²) in [6.45, 7) is 6.86. The van der Waals surface area contributed by atoms with E-state index in [1.807, 2.05) is 41.9 Å². The molecule has 0 bridgehead atoms. The maximum Gasteiger partial charge on any atom is 0.348 e. The molecule has 1 N–H and O–H groups in total. The van der Waals surface area contributed by atoms with Gasteiger partial charge in [-0.2, -0.15) is 0 Å². The number of carbonyl (C=O) groups excluding carboxylic acids is 1. The molecule has 1 fully saturated rings. The highest BCUT2D eigenvalue weighted by molar-refractivity contribution is 5.79. The van der Waals surface area contributed by atoms with Crippen molar-refractivity contribution in [3.05, 3.63) is 48.5 Å². The molecule has 5 nitrogen and oxygen atoms in total. The van der Waals surface area contributed by atoms with Crippen LogP contribution in [0.5, 0.6) is 5.75 Å². The van der Waals surface area contributed by atoms with E-state index in [2.05, 4.69) is 31.4 Å². The number of para-hydroxylation sites is 2. The number of imidazole rings is 1. The molecule has 1 aliphatic carbocycles. The second-order valence-corrected chi connectivity index (χ2v) is 9.36. The predicted molar refractivity (Wildman–Crippen MR) is 121 cm³/mol. The van der Waals surface area contributed by atoms with E-state index < -0.39 is 0 Å². The smallest absolute Gasteiger partial charge is 0.348 e. The molecule has 2 aromatic carbocycles. The number of phenols is 1. The SMILES string of the molecule is CC(C)[C@@H]1CC[C@@H](C)CC1OC(=O)Cn1c(-c2ccc(O)cc2)[n+](C)c2ccccc21.[I-]. The fraction of sp³-hybridized carbons (Fsp3) is 0.462. The Hall–Kier alpha value is -2.09. The van der Waals surface area contributed by atoms with Crippen molar-refractivity contribution in [2.24, 2.45) is 24.8 Å². The van der Waals surface area contributed by atoms with Gasteiger partial charge >= 0.3 is 5.97 Å². The highest BCUT2D eigenvalue weighted by atomic mass is 127. The number of halogens is 1. The van der Waals surface area contributed by atoms with E-state index in [0.29, 0.717) is 17.8 Å². The number of rotatable bonds is 5. The van der Waals surface area contributed by atoms with Crippen LogP contribution in [0.1, 0.15) is 40.0 Å². The van der Waals surface area contributed by atoms with Crippen LogP contribution in [0.3, 0.4) is 0 Å². The standard InChI is InChI=1S/C26H32N2O3.HI/c1-17(2)21-14-9-18(3)15-24(21)31-25(30)16-28-23-8-6-5-7-22(23)27(4)26(28)19-10-12-20(29)13-11-19;/h5-8,10-13,17-18,21,24H,9,14-16H2,1-4H3;1H/t18-,21+,24?;/m1./s1. The minimum absolute atomic E-state index is 0. The van der Waals surface area contributed by atoms with Gasteiger partial charge in [-0.15, -0.1) is 0 Å². The molecule has 0 saturated heterocycles. The van der Waals surface area contributed by atoms with Crippen LogP contribution in [0, 0.1) is 17.8 Å². The minimum Gasteiger partial charge on any atom is -1.00 e. The van der Waals surface area contributed by atoms with Crippen molar-refractivity contribution in [2.75, 3.05) is 0 Å². The number of fused-ring (bicyclic) bond motifs is 1. The molecule has 4 rings (SSSR count). The average molecular weight is 548 g/mol. The van der Waals surface area contributed by atoms with Crippen LogP contribution in [0.15, 0.2) is 48.5 Å². The van der Waals surface area contributed by atoms with Gasteiger partial charge < -0.3 is 33.8 Å². The highest BCUT2D eigenvalue weighted by Crippen LogP contribution is 2.35. The lowest BCUT2D eigenvalue weighted by Gasteiger charge is -2.36. The second-order valence-electron chi connectivity index (χ2n) is 9.36. The van der Waals surface area contributed by atoms with Crippen molar-refractivity contribution in [2.45, 2.75) is 52.7 Å². The van der Waals surface area contributed by atoms with Gasteiger partial charge in [0.2, 0.25) is 0 Å². The van der Waals surface area contributed by atoms with Crippen LogP contribution in [0.2, 0.25) is 0 Å². The summed E-state index contributed by atoms with van der Waals surface area (Å²) in [5.74, 6) is 2.46. The van der Waals surface area contributed by atoms with Gasteiger partial charge in [0, 0.05) is 0 Å². The number of aromatic hydroxyl groups is 1. The van der Waals surface area contributed by atoms with Gasteiger partial charge in [-0.3, -0.25) is 0 Å². The monoisotopic (exact) mass is 548 g/mol. The normalized spacial score (nSPS) is 20.8. The van der Waals surface area contributed by atoms with E-state index in [1.165, 1.54) is 6.42 Å². The molecule has 32 heavy (non-hydrogen) atoms. The molecule has 0 amide bonds. The van der Waals surface area contributed by atoms with Crippen LogP contribution in [-0.2, 0) is 23.1 Å². The van der Waals surface area contributed by atoms with Crippen molar-refractivity contribution in [1.29, 1.82) is 0 Å². The molecular formula is C26H33IN2O3. The van der Waals surface area contributed by atoms with Crippen LogP contribution >= 0.6 is 0 Å². The average Bonchev–Trinajstić information content (AvgIpc) is 3.00. The Bertz CT molecular complexity index is 1070. The van der Waals surface area contributed by atoms with Crippen LogP contribution in [0.4, 0.5) is 0 Å². The molecule has 172 valence electrons. The van der Waals surface area contributed by atoms with Crippen molar-refractivity contribution >= 4 is 17.0 Å². The van der Waals surface area contributed by atoms with Gasteiger partial charge in [-0.05, 0) is 67.0 Å². The third kappa shape index (κ3) is 4.95. The summed E-state index contributed by atoms with van der Waals surface area (Å²) in [6.07, 6.45) is 3.26. The first kappa shape index (κ1) is 24.6. The van der Waals surface area contributed by atoms with Crippen molar-refractivity contribution in [3.63, 3.8) is 0 Å². The maximum absolute atomic E-state index is 13.2. The first-order valence-corrected chi connectivity index (χ1v) is 11.3. The Balaban J connectivity index is 0.00000289. The summed E-state index contributed by atoms with van der Waals surface area (Å²) in [5.41, 5.74) is 2.97. The Morgan fingerprint density at radius 2 is 1.84 bits per heavy atom. The summed E-state index contributed by atoms with van der Waals surface area (Å²) >= 11 is 0. The zero-order valence-corrected chi connectivity index (χ0v) is 21.5. The Kier molecular flexibility index (Phi) is 7.85. The van der Waals surface area contributed by atoms with Gasteiger partial charge in [0.15, 0.2) is 17.6 Å². The number of esters is 1. The van der Waals surface area contributed by atoms with E-state index in [9.17, 15) is 9.90 Å². The molecule has 1 aromatic heterocycles. The fourth-order valence-corrected chi connectivity index (χ4v) is 5.09. The van der Waals surface area contributed by atoms with E-state index in [1.54, 1.807) is 12.1 Å². The van der Waals surface area contributed by atoms with Crippen LogP contribution < -0.4 is 28.5 Å². The number of nitrogens with zero attached hydrogens (tertiary/aromatic N) is 2. The van der Waals surface area contributed by atoms with Crippen molar-refractivity contribution in [3.8, 4) is 17.1 Å². The van der Waals surface area contributed by atoms with Crippen molar-refractivity contribution in [1.82, 2.24) is 4.57 Å². The molecular weight excluding hydrogens is 515 g/mol. The van der Waals surface area contributed by atoms with E-state index in [0.717, 1.165) is 35.3 Å². The Morgan fingerprint density at radius 3 is 2.53 bits per heavy atom. The summed E-state index contributed by atoms with van der Waals surface area (Å²) in [5, 5.41) is 9.71. The largest absolute Gasteiger partial charge is 1.00 e. The number of aromatic nitrogens is 2. The van der Waals surface area contributed by atoms with Gasteiger partial charge in [0.1, 0.15) is 11.9 Å². The Labute approximate surface area is 207 Å². The maximum atomic E-state index is 13.2. The number of ether oxygens (including phenoxy) is 1. The number of aryl methyl sites for hydroxylation is 1. The number of hydrogen-bond acceptors (Lipinski definition) is 3. The van der Waals surface area contributed by atoms with Gasteiger partial charge in [0.25, 0.3) is 5.82 Å². The third-order valence-corrected chi connectivity index (χ3v) is 6.76. The van der Waals surface area contributed by atoms with E-state index in [-0.39, 0.29) is 48.3 Å². The van der Waals surface area contributed by atoms with Crippen LogP contribution in [-0.4, -0.2) is 21.7 Å². The lowest BCUT2D eigenvalue weighted by molar-refractivity contribution is -0.634. The van der Waals surface area contributed by atoms with Gasteiger partial charge in [-0.1, -0.05) is 39.3 Å². The van der Waals surface area contributed by atoms with Crippen molar-refractivity contribution < 1.29 is 43.2 Å². The summed E-state index contributed by atoms with van der Waals surface area (Å²) in [4.78, 5) is 13.2. The summed E-state index contributed by atoms with van der Waals surface area (Å²) in [7, 11) is 2.00. The molecule has 0 radical (unpaired) electrons. The highest BCUT2D eigenvalue weighted by Gasteiger charge is 2.34. The number of benzene rings is 2. The zero-order valence-electron chi connectivity index (χ0n) is 19.3. The topological polar surface area (TPSA) is 55.3 Å². The molecule has 3 aromatic rings. The van der Waals surface area contributed by atoms with Gasteiger partial charge in [-0.25, -0.2) is 13.9 Å². The molecule has 1 heterocycles. The molecule has 1 saturated carbocycles. The molecule has 3 atom stereocenters. The first-order valence-electron chi connectivity index (χ1n) is 11.3. The predicted octanol–water partition coefficient (Wildman–Crippen LogP) is 1.85. The van der Waals surface area contributed by atoms with Gasteiger partial charge in [0.05, 0.1) is 12.6 Å². The van der Waals surface area contributed by atoms with Crippen LogP contribution in [0.25, 0.3) is 22.4 Å². The van der Waals surface area contributed by atoms with E-state index >= 15 is 0 Å². The lowest BCUT2D eigenvalue weighted by atomic mass is 9.75. The third-order valence-electron chi connectivity index (χ3n) is 6.76. The van der Waals surface area contributed by atoms with E-state index in [4.69, 9.17) is 4.74 Å². The number of carbonyl (C=O) groups is 1. The number of phenolic OH excluding ortho intramolecular Hbond substituents is 1. The molecule has 0 spiro atoms. The summed E-state index contributed by atoms with van der Waals surface area (Å²) < 4.78 is 10.2. The fourth-order valence-electron chi connectivity index (χ4n) is 5.09. The molecule has 6 heteroatoms. The molecule has 0 aliphatic heterocycles. The Morgan fingerprint density at radius 1 is 1.16 bits per heavy atom. The quantitative estimate of drug-likeness (QED) is 0.301. The second kappa shape index (κ2) is 10.2. The molecule has 1 aliphatic rings. The first-order chi connectivity index (χ1) is 14.8. The lowest BCUT2D eigenvalue weighted by Crippen LogP contribution is -3.00. The number of hydrogen-bond donors (Lipinski definition) is 1. The summed E-state index contributed by atoms with van der Waals surface area (Å²) in [6, 6.07) is 15.2.